The van der Waals surface area contributed by atoms with Crippen LogP contribution >= 0.6 is 0 Å². The van der Waals surface area contributed by atoms with Crippen molar-refractivity contribution in [3.05, 3.63) is 52.8 Å². The van der Waals surface area contributed by atoms with Crippen LogP contribution in [0.1, 0.15) is 0 Å². The first-order valence-electron chi connectivity index (χ1n) is 9.31. The molecule has 0 radical (unpaired) electrons. The van der Waals surface area contributed by atoms with Crippen molar-refractivity contribution >= 4 is 16.8 Å². The van der Waals surface area contributed by atoms with E-state index in [-0.39, 0.29) is 18.1 Å². The van der Waals surface area contributed by atoms with E-state index in [1.807, 2.05) is 6.07 Å². The predicted molar refractivity (Wildman–Crippen MR) is 107 cm³/mol. The third kappa shape index (κ3) is 4.07. The average Bonchev–Trinajstić information content (AvgIpc) is 2.78. The molecule has 1 aliphatic heterocycles. The minimum Gasteiger partial charge on any atom is -0.493 e. The second-order valence-electron chi connectivity index (χ2n) is 6.58. The molecule has 1 amide bonds. The Hall–Kier alpha value is -3.39. The van der Waals surface area contributed by atoms with E-state index >= 15 is 0 Å². The van der Waals surface area contributed by atoms with Crippen molar-refractivity contribution < 1.29 is 19.0 Å². The topological polar surface area (TPSA) is 93.8 Å². The van der Waals surface area contributed by atoms with E-state index in [9.17, 15) is 9.59 Å². The predicted octanol–water partition coefficient (Wildman–Crippen LogP) is 1.84. The molecule has 8 heteroatoms. The summed E-state index contributed by atoms with van der Waals surface area (Å²) >= 11 is 0. The number of aromatic amines is 1. The number of methoxy groups -OCH3 is 1. The first-order chi connectivity index (χ1) is 14.2. The summed E-state index contributed by atoms with van der Waals surface area (Å²) in [5, 5.41) is 0.532. The SMILES string of the molecule is COc1cc(-c2nc3ccccc3c(=O)[nH]2)ccc1OCC(=O)N1CCOCC1. The fourth-order valence-corrected chi connectivity index (χ4v) is 3.20. The number of nitrogens with zero attached hydrogens (tertiary/aromatic N) is 2. The highest BCUT2D eigenvalue weighted by atomic mass is 16.5. The molecule has 0 spiro atoms. The van der Waals surface area contributed by atoms with Gasteiger partial charge in [-0.15, -0.1) is 0 Å². The number of rotatable bonds is 5. The molecule has 1 aliphatic rings. The molecule has 0 atom stereocenters. The second kappa shape index (κ2) is 8.32. The molecule has 0 unspecified atom stereocenters. The van der Waals surface area contributed by atoms with Crippen LogP contribution in [0.4, 0.5) is 0 Å². The fraction of sp³-hybridized carbons (Fsp3) is 0.286. The summed E-state index contributed by atoms with van der Waals surface area (Å²) in [6, 6.07) is 12.4. The molecule has 1 N–H and O–H groups in total. The van der Waals surface area contributed by atoms with Crippen molar-refractivity contribution in [1.82, 2.24) is 14.9 Å². The fourth-order valence-electron chi connectivity index (χ4n) is 3.20. The van der Waals surface area contributed by atoms with Gasteiger partial charge in [0.2, 0.25) is 0 Å². The quantitative estimate of drug-likeness (QED) is 0.709. The van der Waals surface area contributed by atoms with Gasteiger partial charge in [0.1, 0.15) is 5.82 Å². The molecule has 1 fully saturated rings. The monoisotopic (exact) mass is 395 g/mol. The van der Waals surface area contributed by atoms with E-state index in [0.29, 0.717) is 60.1 Å². The number of H-pyrrole nitrogens is 1. The summed E-state index contributed by atoms with van der Waals surface area (Å²) in [7, 11) is 1.52. The summed E-state index contributed by atoms with van der Waals surface area (Å²) in [6.45, 7) is 2.14. The lowest BCUT2D eigenvalue weighted by Crippen LogP contribution is -2.43. The van der Waals surface area contributed by atoms with Crippen molar-refractivity contribution in [2.45, 2.75) is 0 Å². The Bertz CT molecular complexity index is 1090. The van der Waals surface area contributed by atoms with Crippen molar-refractivity contribution in [2.75, 3.05) is 40.0 Å². The molecule has 2 aromatic carbocycles. The number of fused-ring (bicyclic) bond motifs is 1. The van der Waals surface area contributed by atoms with Crippen LogP contribution in [-0.4, -0.2) is 60.8 Å². The molecule has 150 valence electrons. The number of ether oxygens (including phenoxy) is 3. The number of carbonyl (C=O) groups is 1. The molecule has 8 nitrogen and oxygen atoms in total. The minimum atomic E-state index is -0.207. The molecule has 29 heavy (non-hydrogen) atoms. The number of aromatic nitrogens is 2. The maximum atomic E-state index is 12.3. The number of hydrogen-bond acceptors (Lipinski definition) is 6. The lowest BCUT2D eigenvalue weighted by Gasteiger charge is -2.26. The van der Waals surface area contributed by atoms with Crippen LogP contribution in [0, 0.1) is 0 Å². The minimum absolute atomic E-state index is 0.0826. The van der Waals surface area contributed by atoms with Crippen LogP contribution in [-0.2, 0) is 9.53 Å². The van der Waals surface area contributed by atoms with Gasteiger partial charge in [-0.05, 0) is 30.3 Å². The standard InChI is InChI=1S/C21H21N3O5/c1-27-18-12-14(20-22-16-5-3-2-4-15(16)21(26)23-20)6-7-17(18)29-13-19(25)24-8-10-28-11-9-24/h2-7,12H,8-11,13H2,1H3,(H,22,23,26). The van der Waals surface area contributed by atoms with E-state index in [4.69, 9.17) is 14.2 Å². The maximum absolute atomic E-state index is 12.3. The molecule has 2 heterocycles. The van der Waals surface area contributed by atoms with Gasteiger partial charge in [0.25, 0.3) is 11.5 Å². The van der Waals surface area contributed by atoms with E-state index in [0.717, 1.165) is 0 Å². The number of morpholine rings is 1. The Morgan fingerprint density at radius 3 is 2.76 bits per heavy atom. The molecule has 1 aromatic heterocycles. The molecule has 0 aliphatic carbocycles. The van der Waals surface area contributed by atoms with Gasteiger partial charge in [-0.1, -0.05) is 12.1 Å². The van der Waals surface area contributed by atoms with Crippen molar-refractivity contribution in [3.63, 3.8) is 0 Å². The van der Waals surface area contributed by atoms with Gasteiger partial charge in [0, 0.05) is 18.7 Å². The van der Waals surface area contributed by atoms with Crippen LogP contribution in [0.3, 0.4) is 0 Å². The van der Waals surface area contributed by atoms with E-state index in [2.05, 4.69) is 9.97 Å². The lowest BCUT2D eigenvalue weighted by atomic mass is 10.1. The average molecular weight is 395 g/mol. The van der Waals surface area contributed by atoms with Gasteiger partial charge in [0.05, 0.1) is 31.2 Å². The first-order valence-corrected chi connectivity index (χ1v) is 9.31. The zero-order valence-corrected chi connectivity index (χ0v) is 16.0. The van der Waals surface area contributed by atoms with Crippen molar-refractivity contribution in [1.29, 1.82) is 0 Å². The zero-order chi connectivity index (χ0) is 20.2. The number of para-hydroxylation sites is 1. The summed E-state index contributed by atoms with van der Waals surface area (Å²) < 4.78 is 16.3. The number of amides is 1. The van der Waals surface area contributed by atoms with Crippen LogP contribution in [0.2, 0.25) is 0 Å². The molecule has 3 aromatic rings. The lowest BCUT2D eigenvalue weighted by molar-refractivity contribution is -0.137. The van der Waals surface area contributed by atoms with Crippen molar-refractivity contribution in [3.8, 4) is 22.9 Å². The highest BCUT2D eigenvalue weighted by molar-refractivity contribution is 5.80. The smallest absolute Gasteiger partial charge is 0.260 e. The Morgan fingerprint density at radius 1 is 1.17 bits per heavy atom. The van der Waals surface area contributed by atoms with Gasteiger partial charge in [-0.25, -0.2) is 4.98 Å². The van der Waals surface area contributed by atoms with Gasteiger partial charge >= 0.3 is 0 Å². The number of hydrogen-bond donors (Lipinski definition) is 1. The number of nitrogens with one attached hydrogen (secondary N) is 1. The Morgan fingerprint density at radius 2 is 1.97 bits per heavy atom. The van der Waals surface area contributed by atoms with Crippen LogP contribution in [0.5, 0.6) is 11.5 Å². The van der Waals surface area contributed by atoms with Gasteiger partial charge in [-0.3, -0.25) is 9.59 Å². The highest BCUT2D eigenvalue weighted by Gasteiger charge is 2.18. The Kier molecular flexibility index (Phi) is 5.44. The normalized spacial score (nSPS) is 14.0. The highest BCUT2D eigenvalue weighted by Crippen LogP contribution is 2.31. The Balaban J connectivity index is 1.55. The van der Waals surface area contributed by atoms with Gasteiger partial charge in [-0.2, -0.15) is 0 Å². The summed E-state index contributed by atoms with van der Waals surface area (Å²) in [6.07, 6.45) is 0. The van der Waals surface area contributed by atoms with Crippen LogP contribution in [0.15, 0.2) is 47.3 Å². The third-order valence-corrected chi connectivity index (χ3v) is 4.76. The molecule has 1 saturated heterocycles. The van der Waals surface area contributed by atoms with Gasteiger partial charge in [0.15, 0.2) is 18.1 Å². The Labute approximate surface area is 167 Å². The molecular formula is C21H21N3O5. The molecule has 0 saturated carbocycles. The molecule has 0 bridgehead atoms. The summed E-state index contributed by atoms with van der Waals surface area (Å²) in [4.78, 5) is 33.6. The molecular weight excluding hydrogens is 374 g/mol. The van der Waals surface area contributed by atoms with E-state index < -0.39 is 0 Å². The van der Waals surface area contributed by atoms with Crippen LogP contribution in [0.25, 0.3) is 22.3 Å². The van der Waals surface area contributed by atoms with Crippen LogP contribution < -0.4 is 15.0 Å². The summed E-state index contributed by atoms with van der Waals surface area (Å²) in [5.74, 6) is 1.23. The first kappa shape index (κ1) is 18.9. The molecule has 4 rings (SSSR count). The number of benzene rings is 2. The summed E-state index contributed by atoms with van der Waals surface area (Å²) in [5.41, 5.74) is 1.08. The zero-order valence-electron chi connectivity index (χ0n) is 16.0. The van der Waals surface area contributed by atoms with Crippen molar-refractivity contribution in [2.24, 2.45) is 0 Å². The van der Waals surface area contributed by atoms with E-state index in [1.165, 1.54) is 7.11 Å². The number of carbonyl (C=O) groups excluding carboxylic acids is 1. The maximum Gasteiger partial charge on any atom is 0.260 e. The van der Waals surface area contributed by atoms with E-state index in [1.54, 1.807) is 41.3 Å². The third-order valence-electron chi connectivity index (χ3n) is 4.76. The van der Waals surface area contributed by atoms with Gasteiger partial charge < -0.3 is 24.1 Å². The largest absolute Gasteiger partial charge is 0.493 e. The second-order valence-corrected chi connectivity index (χ2v) is 6.58.